The zero-order valence-electron chi connectivity index (χ0n) is 12.3. The van der Waals surface area contributed by atoms with Crippen LogP contribution in [0, 0.1) is 11.3 Å². The molecule has 112 valence electrons. The highest BCUT2D eigenvalue weighted by Crippen LogP contribution is 2.08. The second-order valence-electron chi connectivity index (χ2n) is 4.92. The Labute approximate surface area is 124 Å². The van der Waals surface area contributed by atoms with Crippen LogP contribution in [0.15, 0.2) is 24.3 Å². The van der Waals surface area contributed by atoms with Gasteiger partial charge in [0.2, 0.25) is 11.8 Å². The second-order valence-corrected chi connectivity index (χ2v) is 4.92. The molecule has 6 heteroatoms. The van der Waals surface area contributed by atoms with Crippen LogP contribution in [-0.4, -0.2) is 43.9 Å². The lowest BCUT2D eigenvalue weighted by atomic mass is 10.2. The molecule has 0 fully saturated rings. The first-order chi connectivity index (χ1) is 10.0. The summed E-state index contributed by atoms with van der Waals surface area (Å²) in [5, 5.41) is 14.0. The molecule has 1 rings (SSSR count). The first kappa shape index (κ1) is 16.7. The van der Waals surface area contributed by atoms with Crippen LogP contribution in [-0.2, 0) is 9.59 Å². The Morgan fingerprint density at radius 3 is 2.43 bits per heavy atom. The third-order valence-electron chi connectivity index (χ3n) is 2.72. The molecular weight excluding hydrogens is 268 g/mol. The predicted molar refractivity (Wildman–Crippen MR) is 80.6 cm³/mol. The van der Waals surface area contributed by atoms with Crippen LogP contribution >= 0.6 is 0 Å². The van der Waals surface area contributed by atoms with Crippen LogP contribution in [0.2, 0.25) is 0 Å². The van der Waals surface area contributed by atoms with E-state index in [1.54, 1.807) is 24.3 Å². The summed E-state index contributed by atoms with van der Waals surface area (Å²) in [5.74, 6) is -0.662. The van der Waals surface area contributed by atoms with Crippen LogP contribution in [0.3, 0.4) is 0 Å². The highest BCUT2D eigenvalue weighted by molar-refractivity contribution is 6.03. The minimum Gasteiger partial charge on any atom is -0.356 e. The maximum Gasteiger partial charge on any atom is 0.233 e. The highest BCUT2D eigenvalue weighted by atomic mass is 16.2. The summed E-state index contributed by atoms with van der Waals surface area (Å²) >= 11 is 0. The number of amides is 2. The van der Waals surface area contributed by atoms with Gasteiger partial charge in [0.25, 0.3) is 0 Å². The van der Waals surface area contributed by atoms with E-state index in [9.17, 15) is 9.59 Å². The Hall–Kier alpha value is -2.39. The van der Waals surface area contributed by atoms with Gasteiger partial charge in [-0.2, -0.15) is 5.26 Å². The largest absolute Gasteiger partial charge is 0.356 e. The van der Waals surface area contributed by atoms with Gasteiger partial charge >= 0.3 is 0 Å². The van der Waals surface area contributed by atoms with Crippen molar-refractivity contribution in [3.8, 4) is 6.07 Å². The van der Waals surface area contributed by atoms with Gasteiger partial charge in [0.15, 0.2) is 0 Å². The van der Waals surface area contributed by atoms with Gasteiger partial charge in [-0.25, -0.2) is 0 Å². The van der Waals surface area contributed by atoms with Crippen molar-refractivity contribution in [2.75, 3.05) is 32.5 Å². The highest BCUT2D eigenvalue weighted by Gasteiger charge is 2.09. The maximum absolute atomic E-state index is 11.7. The topological polar surface area (TPSA) is 85.2 Å². The van der Waals surface area contributed by atoms with Gasteiger partial charge in [0.1, 0.15) is 6.42 Å². The molecule has 2 N–H and O–H groups in total. The molecule has 21 heavy (non-hydrogen) atoms. The zero-order valence-corrected chi connectivity index (χ0v) is 12.3. The van der Waals surface area contributed by atoms with Crippen molar-refractivity contribution in [3.63, 3.8) is 0 Å². The van der Waals surface area contributed by atoms with Crippen LogP contribution < -0.4 is 10.6 Å². The molecule has 0 heterocycles. The third kappa shape index (κ3) is 7.09. The number of nitriles is 1. The van der Waals surface area contributed by atoms with Crippen LogP contribution in [0.5, 0.6) is 0 Å². The normalized spacial score (nSPS) is 10.0. The molecule has 0 saturated heterocycles. The predicted octanol–water partition coefficient (Wildman–Crippen LogP) is 0.955. The summed E-state index contributed by atoms with van der Waals surface area (Å²) in [4.78, 5) is 25.3. The smallest absolute Gasteiger partial charge is 0.233 e. The number of anilines is 1. The maximum atomic E-state index is 11.7. The van der Waals surface area contributed by atoms with Gasteiger partial charge in [-0.05, 0) is 51.3 Å². The van der Waals surface area contributed by atoms with E-state index in [0.717, 1.165) is 13.0 Å². The number of nitrogens with zero attached hydrogens (tertiary/aromatic N) is 2. The van der Waals surface area contributed by atoms with E-state index < -0.39 is 0 Å². The Kier molecular flexibility index (Phi) is 6.92. The summed E-state index contributed by atoms with van der Waals surface area (Å²) in [6.07, 6.45) is 0.637. The van der Waals surface area contributed by atoms with E-state index in [2.05, 4.69) is 10.6 Å². The quantitative estimate of drug-likeness (QED) is 0.578. The Morgan fingerprint density at radius 1 is 1.19 bits per heavy atom. The molecule has 0 unspecified atom stereocenters. The molecule has 0 saturated carbocycles. The number of carbonyl (C=O) groups is 2. The number of benzene rings is 1. The SMILES string of the molecule is CN(C)CCCNC(=O)CC(=O)Nc1ccc(C#N)cc1. The van der Waals surface area contributed by atoms with Crippen molar-refractivity contribution < 1.29 is 9.59 Å². The number of carbonyl (C=O) groups excluding carboxylic acids is 2. The van der Waals surface area contributed by atoms with Crippen molar-refractivity contribution in [3.05, 3.63) is 29.8 Å². The van der Waals surface area contributed by atoms with E-state index in [4.69, 9.17) is 5.26 Å². The van der Waals surface area contributed by atoms with E-state index in [1.165, 1.54) is 0 Å². The molecule has 0 atom stereocenters. The van der Waals surface area contributed by atoms with Gasteiger partial charge in [-0.1, -0.05) is 0 Å². The molecule has 6 nitrogen and oxygen atoms in total. The fourth-order valence-corrected chi connectivity index (χ4v) is 1.66. The minimum atomic E-state index is -0.371. The number of hydrogen-bond acceptors (Lipinski definition) is 4. The molecule has 2 amide bonds. The molecule has 0 radical (unpaired) electrons. The molecule has 0 aliphatic rings. The number of hydrogen-bond donors (Lipinski definition) is 2. The fourth-order valence-electron chi connectivity index (χ4n) is 1.66. The van der Waals surface area contributed by atoms with Gasteiger partial charge in [-0.15, -0.1) is 0 Å². The molecule has 0 aliphatic heterocycles. The summed E-state index contributed by atoms with van der Waals surface area (Å²) in [5.41, 5.74) is 1.09. The average molecular weight is 288 g/mol. The van der Waals surface area contributed by atoms with Crippen LogP contribution in [0.25, 0.3) is 0 Å². The second kappa shape index (κ2) is 8.72. The van der Waals surface area contributed by atoms with Gasteiger partial charge in [0, 0.05) is 12.2 Å². The fraction of sp³-hybridized carbons (Fsp3) is 0.400. The first-order valence-corrected chi connectivity index (χ1v) is 6.72. The van der Waals surface area contributed by atoms with Crippen LogP contribution in [0.1, 0.15) is 18.4 Å². The third-order valence-corrected chi connectivity index (χ3v) is 2.72. The molecule has 0 spiro atoms. The van der Waals surface area contributed by atoms with Crippen molar-refractivity contribution in [1.82, 2.24) is 10.2 Å². The van der Waals surface area contributed by atoms with Crippen molar-refractivity contribution >= 4 is 17.5 Å². The Balaban J connectivity index is 2.29. The van der Waals surface area contributed by atoms with Gasteiger partial charge in [-0.3, -0.25) is 9.59 Å². The van der Waals surface area contributed by atoms with Crippen molar-refractivity contribution in [2.24, 2.45) is 0 Å². The summed E-state index contributed by atoms with van der Waals surface area (Å²) in [6.45, 7) is 1.44. The van der Waals surface area contributed by atoms with E-state index in [-0.39, 0.29) is 18.2 Å². The first-order valence-electron chi connectivity index (χ1n) is 6.72. The Morgan fingerprint density at radius 2 is 1.86 bits per heavy atom. The monoisotopic (exact) mass is 288 g/mol. The van der Waals surface area contributed by atoms with E-state index in [1.807, 2.05) is 25.1 Å². The van der Waals surface area contributed by atoms with Crippen LogP contribution in [0.4, 0.5) is 5.69 Å². The standard InChI is InChI=1S/C15H20N4O2/c1-19(2)9-3-8-17-14(20)10-15(21)18-13-6-4-12(11-16)5-7-13/h4-7H,3,8-10H2,1-2H3,(H,17,20)(H,18,21). The number of nitrogens with one attached hydrogen (secondary N) is 2. The lowest BCUT2D eigenvalue weighted by Gasteiger charge is -2.10. The van der Waals surface area contributed by atoms with E-state index >= 15 is 0 Å². The molecule has 0 aliphatic carbocycles. The number of rotatable bonds is 7. The summed E-state index contributed by atoms with van der Waals surface area (Å²) in [6, 6.07) is 8.47. The van der Waals surface area contributed by atoms with Crippen molar-refractivity contribution in [1.29, 1.82) is 5.26 Å². The molecule has 0 aromatic heterocycles. The van der Waals surface area contributed by atoms with E-state index in [0.29, 0.717) is 17.8 Å². The van der Waals surface area contributed by atoms with Gasteiger partial charge in [0.05, 0.1) is 11.6 Å². The lowest BCUT2D eigenvalue weighted by molar-refractivity contribution is -0.126. The lowest BCUT2D eigenvalue weighted by Crippen LogP contribution is -2.30. The van der Waals surface area contributed by atoms with Crippen molar-refractivity contribution in [2.45, 2.75) is 12.8 Å². The Bertz CT molecular complexity index is 517. The zero-order chi connectivity index (χ0) is 15.7. The molecule has 0 bridgehead atoms. The minimum absolute atomic E-state index is 0.206. The molecule has 1 aromatic carbocycles. The molecule has 1 aromatic rings. The van der Waals surface area contributed by atoms with Gasteiger partial charge < -0.3 is 15.5 Å². The average Bonchev–Trinajstić information content (AvgIpc) is 2.44. The summed E-state index contributed by atoms with van der Waals surface area (Å²) < 4.78 is 0. The summed E-state index contributed by atoms with van der Waals surface area (Å²) in [7, 11) is 3.93. The molecular formula is C15H20N4O2.